The van der Waals surface area contributed by atoms with Crippen LogP contribution in [0.5, 0.6) is 0 Å². The Hall–Kier alpha value is -1.61. The Labute approximate surface area is 101 Å². The normalized spacial score (nSPS) is 12.2. The molecule has 5 nitrogen and oxygen atoms in total. The molecule has 0 spiro atoms. The predicted molar refractivity (Wildman–Crippen MR) is 54.8 cm³/mol. The molecule has 0 aliphatic heterocycles. The number of hydrogen-bond donors (Lipinski definition) is 1. The molecule has 0 saturated carbocycles. The molecule has 0 aromatic heterocycles. The van der Waals surface area contributed by atoms with Gasteiger partial charge in [-0.25, -0.2) is 13.2 Å². The maximum atomic E-state index is 12.3. The number of hydrogen-bond acceptors (Lipinski definition) is 4. The van der Waals surface area contributed by atoms with E-state index in [0.29, 0.717) is 6.07 Å². The molecular weight excluding hydrogens is 275 g/mol. The van der Waals surface area contributed by atoms with Crippen molar-refractivity contribution in [1.82, 2.24) is 4.89 Å². The first-order valence-corrected chi connectivity index (χ1v) is 6.34. The molecule has 0 bridgehead atoms. The van der Waals surface area contributed by atoms with Crippen LogP contribution in [0.4, 0.5) is 13.2 Å². The zero-order valence-electron chi connectivity index (χ0n) is 8.98. The maximum absolute atomic E-state index is 12.3. The van der Waals surface area contributed by atoms with Gasteiger partial charge in [0, 0.05) is 0 Å². The number of sulfonamides is 1. The van der Waals surface area contributed by atoms with E-state index in [9.17, 15) is 26.4 Å². The number of carbonyl (C=O) groups is 1. The van der Waals surface area contributed by atoms with E-state index in [1.54, 1.807) is 0 Å². The summed E-state index contributed by atoms with van der Waals surface area (Å²) >= 11 is 0. The summed E-state index contributed by atoms with van der Waals surface area (Å²) in [5, 5.41) is 0. The largest absolute Gasteiger partial charge is 0.416 e. The summed E-state index contributed by atoms with van der Waals surface area (Å²) in [6.45, 7) is 0. The van der Waals surface area contributed by atoms with E-state index >= 15 is 0 Å². The van der Waals surface area contributed by atoms with E-state index in [0.717, 1.165) is 24.5 Å². The third-order valence-electron chi connectivity index (χ3n) is 1.71. The summed E-state index contributed by atoms with van der Waals surface area (Å²) in [5.74, 6) is -1.23. The minimum absolute atomic E-state index is 0.416. The van der Waals surface area contributed by atoms with Gasteiger partial charge in [-0.3, -0.25) is 0 Å². The van der Waals surface area contributed by atoms with E-state index in [-0.39, 0.29) is 0 Å². The molecule has 1 rings (SSSR count). The summed E-state index contributed by atoms with van der Waals surface area (Å²) in [6, 6.07) is 3.43. The standard InChI is InChI=1S/C9H8F3NO4S/c1-18(15,16)13-17-8(14)6-3-2-4-7(5-6)9(10,11)12/h2-5,13H,1H3. The Kier molecular flexibility index (Phi) is 3.97. The SMILES string of the molecule is CS(=O)(=O)NOC(=O)c1cccc(C(F)(F)F)c1. The fourth-order valence-electron chi connectivity index (χ4n) is 0.995. The average molecular weight is 283 g/mol. The minimum atomic E-state index is -4.60. The van der Waals surface area contributed by atoms with Crippen molar-refractivity contribution in [1.29, 1.82) is 0 Å². The fraction of sp³-hybridized carbons (Fsp3) is 0.222. The monoisotopic (exact) mass is 283 g/mol. The topological polar surface area (TPSA) is 72.5 Å². The van der Waals surface area contributed by atoms with Crippen LogP contribution in [0.3, 0.4) is 0 Å². The number of nitrogens with one attached hydrogen (secondary N) is 1. The van der Waals surface area contributed by atoms with Crippen molar-refractivity contribution in [2.45, 2.75) is 6.18 Å². The lowest BCUT2D eigenvalue weighted by Gasteiger charge is -2.08. The van der Waals surface area contributed by atoms with Crippen LogP contribution in [-0.4, -0.2) is 20.6 Å². The van der Waals surface area contributed by atoms with E-state index in [1.807, 2.05) is 0 Å². The second-order valence-electron chi connectivity index (χ2n) is 3.32. The quantitative estimate of drug-likeness (QED) is 0.849. The first-order valence-electron chi connectivity index (χ1n) is 4.45. The van der Waals surface area contributed by atoms with E-state index in [4.69, 9.17) is 0 Å². The van der Waals surface area contributed by atoms with Gasteiger partial charge in [0.2, 0.25) is 10.0 Å². The smallest absolute Gasteiger partial charge is 0.351 e. The molecule has 1 aromatic rings. The van der Waals surface area contributed by atoms with Crippen molar-refractivity contribution < 1.29 is 31.2 Å². The first-order chi connectivity index (χ1) is 8.09. The fourth-order valence-corrected chi connectivity index (χ4v) is 1.22. The molecule has 0 saturated heterocycles. The van der Waals surface area contributed by atoms with Gasteiger partial charge < -0.3 is 4.84 Å². The number of rotatable bonds is 3. The van der Waals surface area contributed by atoms with Crippen LogP contribution in [0.2, 0.25) is 0 Å². The van der Waals surface area contributed by atoms with Crippen LogP contribution in [0.25, 0.3) is 0 Å². The molecule has 1 aromatic carbocycles. The zero-order chi connectivity index (χ0) is 14.0. The zero-order valence-corrected chi connectivity index (χ0v) is 9.80. The van der Waals surface area contributed by atoms with Gasteiger partial charge in [0.05, 0.1) is 17.4 Å². The Balaban J connectivity index is 2.88. The van der Waals surface area contributed by atoms with Crippen molar-refractivity contribution in [3.8, 4) is 0 Å². The number of benzene rings is 1. The number of halogens is 3. The van der Waals surface area contributed by atoms with Crippen LogP contribution >= 0.6 is 0 Å². The highest BCUT2D eigenvalue weighted by Crippen LogP contribution is 2.29. The lowest BCUT2D eigenvalue weighted by molar-refractivity contribution is -0.137. The predicted octanol–water partition coefficient (Wildman–Crippen LogP) is 1.33. The summed E-state index contributed by atoms with van der Waals surface area (Å²) < 4.78 is 58.3. The highest BCUT2D eigenvalue weighted by Gasteiger charge is 2.31. The molecule has 0 aliphatic rings. The van der Waals surface area contributed by atoms with Gasteiger partial charge in [0.25, 0.3) is 0 Å². The van der Waals surface area contributed by atoms with Crippen molar-refractivity contribution in [2.75, 3.05) is 6.26 Å². The second kappa shape index (κ2) is 4.94. The molecule has 0 unspecified atom stereocenters. The summed E-state index contributed by atoms with van der Waals surface area (Å²) in [4.78, 5) is 16.8. The summed E-state index contributed by atoms with van der Waals surface area (Å²) in [6.07, 6.45) is -3.87. The molecule has 1 N–H and O–H groups in total. The van der Waals surface area contributed by atoms with Crippen LogP contribution in [0, 0.1) is 0 Å². The number of carbonyl (C=O) groups excluding carboxylic acids is 1. The Morgan fingerprint density at radius 1 is 1.33 bits per heavy atom. The van der Waals surface area contributed by atoms with E-state index < -0.39 is 33.3 Å². The van der Waals surface area contributed by atoms with Crippen molar-refractivity contribution in [2.24, 2.45) is 0 Å². The van der Waals surface area contributed by atoms with Crippen molar-refractivity contribution >= 4 is 16.0 Å². The highest BCUT2D eigenvalue weighted by atomic mass is 32.2. The Morgan fingerprint density at radius 3 is 2.44 bits per heavy atom. The first kappa shape index (κ1) is 14.5. The van der Waals surface area contributed by atoms with Crippen LogP contribution < -0.4 is 4.89 Å². The maximum Gasteiger partial charge on any atom is 0.416 e. The van der Waals surface area contributed by atoms with Gasteiger partial charge in [0.1, 0.15) is 0 Å². The molecule has 0 aliphatic carbocycles. The molecule has 0 atom stereocenters. The van der Waals surface area contributed by atoms with Gasteiger partial charge in [0.15, 0.2) is 0 Å². The van der Waals surface area contributed by atoms with Gasteiger partial charge in [-0.05, 0) is 23.1 Å². The molecule has 100 valence electrons. The Bertz CT molecular complexity index is 553. The van der Waals surface area contributed by atoms with Crippen LogP contribution in [-0.2, 0) is 21.0 Å². The molecular formula is C9H8F3NO4S. The third kappa shape index (κ3) is 4.34. The highest BCUT2D eigenvalue weighted by molar-refractivity contribution is 7.88. The molecule has 0 amide bonds. The summed E-state index contributed by atoms with van der Waals surface area (Å²) in [7, 11) is -3.78. The van der Waals surface area contributed by atoms with Gasteiger partial charge >= 0.3 is 12.1 Å². The van der Waals surface area contributed by atoms with Crippen LogP contribution in [0.1, 0.15) is 15.9 Å². The second-order valence-corrected chi connectivity index (χ2v) is 5.03. The molecule has 9 heteroatoms. The Morgan fingerprint density at radius 2 is 1.94 bits per heavy atom. The lowest BCUT2D eigenvalue weighted by Crippen LogP contribution is -2.26. The van der Waals surface area contributed by atoms with Crippen LogP contribution in [0.15, 0.2) is 24.3 Å². The molecule has 0 radical (unpaired) electrons. The minimum Gasteiger partial charge on any atom is -0.351 e. The third-order valence-corrected chi connectivity index (χ3v) is 2.10. The lowest BCUT2D eigenvalue weighted by atomic mass is 10.1. The van der Waals surface area contributed by atoms with Crippen molar-refractivity contribution in [3.63, 3.8) is 0 Å². The summed E-state index contributed by atoms with van der Waals surface area (Å²) in [5.41, 5.74) is -1.45. The van der Waals surface area contributed by atoms with E-state index in [2.05, 4.69) is 4.84 Å². The molecule has 18 heavy (non-hydrogen) atoms. The van der Waals surface area contributed by atoms with Gasteiger partial charge in [-0.15, -0.1) is 0 Å². The molecule has 0 fully saturated rings. The average Bonchev–Trinajstić information content (AvgIpc) is 2.24. The van der Waals surface area contributed by atoms with E-state index in [1.165, 1.54) is 4.89 Å². The molecule has 0 heterocycles. The number of alkyl halides is 3. The van der Waals surface area contributed by atoms with Gasteiger partial charge in [-0.2, -0.15) is 13.2 Å². The van der Waals surface area contributed by atoms with Gasteiger partial charge in [-0.1, -0.05) is 6.07 Å². The van der Waals surface area contributed by atoms with Crippen molar-refractivity contribution in [3.05, 3.63) is 35.4 Å².